The minimum absolute atomic E-state index is 0.139. The number of carbonyl (C=O) groups is 1. The molecule has 0 atom stereocenters. The number of aromatic amines is 2. The fourth-order valence-electron chi connectivity index (χ4n) is 4.01. The topological polar surface area (TPSA) is 112 Å². The number of hydrogen-bond acceptors (Lipinski definition) is 5. The third-order valence-corrected chi connectivity index (χ3v) is 6.02. The Morgan fingerprint density at radius 1 is 1.16 bits per heavy atom. The Labute approximate surface area is 212 Å². The average Bonchev–Trinajstić information content (AvgIpc) is 3.54. The van der Waals surface area contributed by atoms with Gasteiger partial charge in [-0.1, -0.05) is 43.3 Å². The lowest BCUT2D eigenvalue weighted by Crippen LogP contribution is -2.20. The van der Waals surface area contributed by atoms with Crippen LogP contribution in [0.15, 0.2) is 77.7 Å². The highest BCUT2D eigenvalue weighted by molar-refractivity contribution is 5.97. The van der Waals surface area contributed by atoms with Crippen LogP contribution in [0.2, 0.25) is 0 Å². The van der Waals surface area contributed by atoms with Crippen LogP contribution in [-0.2, 0) is 4.79 Å². The Hall–Kier alpha value is -4.92. The number of H-pyrrole nitrogens is 2. The first-order valence-electron chi connectivity index (χ1n) is 11.7. The van der Waals surface area contributed by atoms with Crippen LogP contribution in [-0.4, -0.2) is 37.8 Å². The Morgan fingerprint density at radius 3 is 2.76 bits per heavy atom. The third kappa shape index (κ3) is 4.66. The first-order valence-corrected chi connectivity index (χ1v) is 11.7. The summed E-state index contributed by atoms with van der Waals surface area (Å²) in [5.41, 5.74) is 5.59. The number of fused-ring (bicyclic) bond motifs is 2. The van der Waals surface area contributed by atoms with Crippen molar-refractivity contribution >= 4 is 40.3 Å². The summed E-state index contributed by atoms with van der Waals surface area (Å²) >= 11 is 0. The molecule has 8 nitrogen and oxygen atoms in total. The van der Waals surface area contributed by atoms with Crippen molar-refractivity contribution in [2.45, 2.75) is 20.3 Å². The van der Waals surface area contributed by atoms with E-state index in [1.807, 2.05) is 37.3 Å². The molecular formula is C28H24FN7O. The van der Waals surface area contributed by atoms with Gasteiger partial charge in [0.1, 0.15) is 17.3 Å². The predicted molar refractivity (Wildman–Crippen MR) is 144 cm³/mol. The molecule has 1 amide bonds. The molecule has 5 aromatic rings. The number of rotatable bonds is 7. The van der Waals surface area contributed by atoms with Crippen molar-refractivity contribution < 1.29 is 9.18 Å². The number of para-hydroxylation sites is 1. The number of amides is 1. The van der Waals surface area contributed by atoms with Gasteiger partial charge in [-0.3, -0.25) is 9.89 Å². The lowest BCUT2D eigenvalue weighted by molar-refractivity contribution is -0.120. The number of imidazole rings is 1. The first-order chi connectivity index (χ1) is 18.0. The summed E-state index contributed by atoms with van der Waals surface area (Å²) < 4.78 is 14.5. The molecule has 0 saturated heterocycles. The largest absolute Gasteiger partial charge is 0.337 e. The fraction of sp³-hybridized carbons (Fsp3) is 0.107. The number of aliphatic imine (C=N–C) groups is 1. The van der Waals surface area contributed by atoms with Gasteiger partial charge in [-0.15, -0.1) is 0 Å². The number of halogens is 1. The number of allylic oxidation sites excluding steroid dienone is 3. The molecule has 0 bridgehead atoms. The molecule has 0 fully saturated rings. The molecule has 0 aliphatic carbocycles. The van der Waals surface area contributed by atoms with Gasteiger partial charge in [0.2, 0.25) is 5.91 Å². The van der Waals surface area contributed by atoms with Gasteiger partial charge in [0.25, 0.3) is 0 Å². The Bertz CT molecular complexity index is 1710. The highest BCUT2D eigenvalue weighted by Crippen LogP contribution is 2.32. The van der Waals surface area contributed by atoms with Crippen LogP contribution in [0.1, 0.15) is 25.8 Å². The number of nitrogens with one attached hydrogen (secondary N) is 3. The standard InChI is InChI=1S/C28H24FN7O/c1-4-24(37)33-23(30-3)13-12-16(2)17-14-20-26(35-36-27(20)31-15-17)28-32-22-11-7-9-19(25(22)34-28)18-8-5-6-10-21(18)29/h5-15H,3-4H2,1-2H3,(H,32,34)(H,33,37)(H,31,35,36)/b16-12+,23-13+. The van der Waals surface area contributed by atoms with Crippen LogP contribution in [0.3, 0.4) is 0 Å². The molecular weight excluding hydrogens is 469 g/mol. The quantitative estimate of drug-likeness (QED) is 0.197. The summed E-state index contributed by atoms with van der Waals surface area (Å²) in [7, 11) is 0. The summed E-state index contributed by atoms with van der Waals surface area (Å²) in [6.07, 6.45) is 5.62. The predicted octanol–water partition coefficient (Wildman–Crippen LogP) is 5.78. The van der Waals surface area contributed by atoms with E-state index in [1.165, 1.54) is 6.07 Å². The van der Waals surface area contributed by atoms with E-state index in [9.17, 15) is 9.18 Å². The molecule has 5 rings (SSSR count). The molecule has 3 N–H and O–H groups in total. The van der Waals surface area contributed by atoms with E-state index in [-0.39, 0.29) is 11.7 Å². The fourth-order valence-corrected chi connectivity index (χ4v) is 4.01. The summed E-state index contributed by atoms with van der Waals surface area (Å²) in [4.78, 5) is 28.1. The maximum atomic E-state index is 14.5. The Kier molecular flexibility index (Phi) is 6.42. The van der Waals surface area contributed by atoms with E-state index in [1.54, 1.807) is 37.4 Å². The zero-order valence-electron chi connectivity index (χ0n) is 20.3. The molecule has 0 aliphatic rings. The Balaban J connectivity index is 1.54. The van der Waals surface area contributed by atoms with Crippen LogP contribution >= 0.6 is 0 Å². The van der Waals surface area contributed by atoms with Crippen molar-refractivity contribution in [3.63, 3.8) is 0 Å². The van der Waals surface area contributed by atoms with E-state index in [2.05, 4.69) is 37.2 Å². The zero-order valence-corrected chi connectivity index (χ0v) is 20.3. The van der Waals surface area contributed by atoms with Crippen molar-refractivity contribution in [2.24, 2.45) is 4.99 Å². The summed E-state index contributed by atoms with van der Waals surface area (Å²) in [6.45, 7) is 7.21. The molecule has 3 heterocycles. The molecule has 2 aromatic carbocycles. The molecule has 0 radical (unpaired) electrons. The average molecular weight is 494 g/mol. The van der Waals surface area contributed by atoms with Gasteiger partial charge in [0.15, 0.2) is 11.5 Å². The summed E-state index contributed by atoms with van der Waals surface area (Å²) in [5.74, 6) is 0.474. The van der Waals surface area contributed by atoms with Crippen molar-refractivity contribution in [2.75, 3.05) is 0 Å². The molecule has 184 valence electrons. The lowest BCUT2D eigenvalue weighted by atomic mass is 10.0. The summed E-state index contributed by atoms with van der Waals surface area (Å²) in [6, 6.07) is 14.2. The van der Waals surface area contributed by atoms with Crippen LogP contribution < -0.4 is 5.32 Å². The molecule has 9 heteroatoms. The van der Waals surface area contributed by atoms with Crippen molar-refractivity contribution in [3.8, 4) is 22.6 Å². The highest BCUT2D eigenvalue weighted by atomic mass is 19.1. The van der Waals surface area contributed by atoms with E-state index < -0.39 is 0 Å². The van der Waals surface area contributed by atoms with Crippen LogP contribution in [0.25, 0.3) is 50.3 Å². The molecule has 0 spiro atoms. The normalized spacial score (nSPS) is 12.3. The van der Waals surface area contributed by atoms with Gasteiger partial charge >= 0.3 is 0 Å². The van der Waals surface area contributed by atoms with Gasteiger partial charge in [-0.05, 0) is 49.1 Å². The monoisotopic (exact) mass is 493 g/mol. The number of hydrogen-bond donors (Lipinski definition) is 3. The Morgan fingerprint density at radius 2 is 1.97 bits per heavy atom. The third-order valence-electron chi connectivity index (χ3n) is 6.02. The van der Waals surface area contributed by atoms with Crippen molar-refractivity contribution in [3.05, 3.63) is 84.1 Å². The van der Waals surface area contributed by atoms with E-state index in [4.69, 9.17) is 4.98 Å². The van der Waals surface area contributed by atoms with Gasteiger partial charge < -0.3 is 10.3 Å². The number of aromatic nitrogens is 5. The summed E-state index contributed by atoms with van der Waals surface area (Å²) in [5, 5.41) is 10.9. The van der Waals surface area contributed by atoms with E-state index >= 15 is 0 Å². The maximum absolute atomic E-state index is 14.5. The van der Waals surface area contributed by atoms with Crippen LogP contribution in [0.4, 0.5) is 4.39 Å². The SMILES string of the molecule is C=N/C(=C\C=C(/C)c1cnc2[nH]nc(-c3nc4c(-c5ccccc5F)cccc4[nH]3)c2c1)NC(=O)CC. The van der Waals surface area contributed by atoms with Gasteiger partial charge in [0.05, 0.1) is 16.4 Å². The second-order valence-electron chi connectivity index (χ2n) is 8.42. The minimum Gasteiger partial charge on any atom is -0.337 e. The maximum Gasteiger partial charge on any atom is 0.225 e. The second-order valence-corrected chi connectivity index (χ2v) is 8.42. The van der Waals surface area contributed by atoms with E-state index in [0.717, 1.165) is 22.0 Å². The molecule has 0 saturated carbocycles. The molecule has 37 heavy (non-hydrogen) atoms. The van der Waals surface area contributed by atoms with Gasteiger partial charge in [-0.2, -0.15) is 5.10 Å². The number of pyridine rings is 1. The molecule has 0 aliphatic heterocycles. The zero-order chi connectivity index (χ0) is 25.9. The van der Waals surface area contributed by atoms with E-state index in [0.29, 0.717) is 46.1 Å². The molecule has 0 unspecified atom stereocenters. The first kappa shape index (κ1) is 23.8. The van der Waals surface area contributed by atoms with Crippen molar-refractivity contribution in [1.29, 1.82) is 0 Å². The molecule has 3 aromatic heterocycles. The van der Waals surface area contributed by atoms with Crippen LogP contribution in [0.5, 0.6) is 0 Å². The minimum atomic E-state index is -0.306. The van der Waals surface area contributed by atoms with Crippen molar-refractivity contribution in [1.82, 2.24) is 30.5 Å². The lowest BCUT2D eigenvalue weighted by Gasteiger charge is -2.04. The number of benzene rings is 2. The highest BCUT2D eigenvalue weighted by Gasteiger charge is 2.17. The van der Waals surface area contributed by atoms with Gasteiger partial charge in [-0.25, -0.2) is 19.4 Å². The van der Waals surface area contributed by atoms with Gasteiger partial charge in [0, 0.05) is 23.7 Å². The van der Waals surface area contributed by atoms with Crippen LogP contribution in [0, 0.1) is 5.82 Å². The number of nitrogens with zero attached hydrogens (tertiary/aromatic N) is 4. The smallest absolute Gasteiger partial charge is 0.225 e. The number of carbonyl (C=O) groups excluding carboxylic acids is 1. The second kappa shape index (κ2) is 9.98.